The quantitative estimate of drug-likeness (QED) is 0.432. The third-order valence-electron chi connectivity index (χ3n) is 6.49. The molecule has 0 aromatic heterocycles. The summed E-state index contributed by atoms with van der Waals surface area (Å²) in [5, 5.41) is 2.35. The summed E-state index contributed by atoms with van der Waals surface area (Å²) >= 11 is 17.9. The third kappa shape index (κ3) is 7.97. The number of nitrogens with one attached hydrogen (secondary N) is 1. The van der Waals surface area contributed by atoms with E-state index < -0.39 is 49.8 Å². The topological polar surface area (TPSA) is 92.5 Å². The van der Waals surface area contributed by atoms with Crippen molar-refractivity contribution in [3.05, 3.63) is 68.2 Å². The number of alkyl halides is 3. The van der Waals surface area contributed by atoms with Crippen LogP contribution in [0.3, 0.4) is 0 Å². The number of carbonyl (C=O) groups excluding carboxylic acids is 1. The van der Waals surface area contributed by atoms with Crippen molar-refractivity contribution in [3.63, 3.8) is 0 Å². The van der Waals surface area contributed by atoms with E-state index in [4.69, 9.17) is 40.5 Å². The summed E-state index contributed by atoms with van der Waals surface area (Å²) in [5.74, 6) is -1.12. The van der Waals surface area contributed by atoms with Crippen molar-refractivity contribution < 1.29 is 26.4 Å². The number of hydrogen-bond donors (Lipinski definition) is 2. The van der Waals surface area contributed by atoms with E-state index in [2.05, 4.69) is 5.32 Å². The molecule has 3 rings (SSSR count). The van der Waals surface area contributed by atoms with E-state index in [0.717, 1.165) is 12.1 Å². The predicted molar refractivity (Wildman–Crippen MR) is 140 cm³/mol. The second-order valence-electron chi connectivity index (χ2n) is 9.12. The lowest BCUT2D eigenvalue weighted by molar-refractivity contribution is -0.137. The fourth-order valence-corrected chi connectivity index (χ4v) is 5.98. The molecule has 1 aliphatic heterocycles. The Morgan fingerprint density at radius 1 is 1.14 bits per heavy atom. The minimum Gasteiger partial charge on any atom is -0.351 e. The molecule has 0 aliphatic carbocycles. The molecule has 1 aliphatic rings. The smallest absolute Gasteiger partial charge is 0.351 e. The zero-order chi connectivity index (χ0) is 27.5. The van der Waals surface area contributed by atoms with Crippen LogP contribution in [-0.2, 0) is 27.4 Å². The predicted octanol–water partition coefficient (Wildman–Crippen LogP) is 5.25. The minimum absolute atomic E-state index is 0.143. The van der Waals surface area contributed by atoms with E-state index in [1.165, 1.54) is 12.3 Å². The van der Waals surface area contributed by atoms with Crippen molar-refractivity contribution in [2.75, 3.05) is 19.3 Å². The van der Waals surface area contributed by atoms with Crippen LogP contribution in [0.2, 0.25) is 15.1 Å². The van der Waals surface area contributed by atoms with Gasteiger partial charge in [0.2, 0.25) is 5.91 Å². The first-order valence-corrected chi connectivity index (χ1v) is 14.5. The van der Waals surface area contributed by atoms with Crippen molar-refractivity contribution in [1.29, 1.82) is 0 Å². The van der Waals surface area contributed by atoms with Gasteiger partial charge in [-0.1, -0.05) is 46.9 Å². The van der Waals surface area contributed by atoms with Crippen LogP contribution in [0.15, 0.2) is 36.4 Å². The summed E-state index contributed by atoms with van der Waals surface area (Å²) in [6, 6.07) is 8.27. The zero-order valence-electron chi connectivity index (χ0n) is 19.9. The second kappa shape index (κ2) is 12.1. The first kappa shape index (κ1) is 30.0. The van der Waals surface area contributed by atoms with Crippen molar-refractivity contribution in [2.45, 2.75) is 49.3 Å². The molecule has 1 fully saturated rings. The maximum atomic E-state index is 13.2. The Kier molecular flexibility index (Phi) is 9.80. The number of sulfone groups is 1. The highest BCUT2D eigenvalue weighted by molar-refractivity contribution is 7.91. The van der Waals surface area contributed by atoms with Crippen LogP contribution < -0.4 is 11.1 Å². The standard InChI is InChI=1S/C24H27Cl3F3N3O3S/c1-37(35,36)16-6-8-33(22(31)12-16)9-7-17(15-3-5-20(26)21(27)11-15)23(34)32-13-14-2-4-19(25)18(10-14)24(28,29)30/h2-5,10-11,16-17,22H,6-9,12-13,31H2,1H3,(H,32,34). The molecule has 1 saturated heterocycles. The molecule has 37 heavy (non-hydrogen) atoms. The van der Waals surface area contributed by atoms with Gasteiger partial charge < -0.3 is 11.1 Å². The van der Waals surface area contributed by atoms with Gasteiger partial charge in [0.1, 0.15) is 9.84 Å². The van der Waals surface area contributed by atoms with Crippen LogP contribution in [0, 0.1) is 0 Å². The second-order valence-corrected chi connectivity index (χ2v) is 12.7. The van der Waals surface area contributed by atoms with Gasteiger partial charge >= 0.3 is 6.18 Å². The Morgan fingerprint density at radius 2 is 1.81 bits per heavy atom. The molecule has 2 aromatic rings. The van der Waals surface area contributed by atoms with Gasteiger partial charge in [0.05, 0.1) is 38.0 Å². The molecule has 2 aromatic carbocycles. The van der Waals surface area contributed by atoms with Crippen molar-refractivity contribution in [2.24, 2.45) is 5.73 Å². The van der Waals surface area contributed by atoms with Gasteiger partial charge in [-0.05, 0) is 54.7 Å². The summed E-state index contributed by atoms with van der Waals surface area (Å²) in [7, 11) is -3.20. The molecule has 0 spiro atoms. The Bertz CT molecular complexity index is 1240. The molecule has 3 N–H and O–H groups in total. The first-order chi connectivity index (χ1) is 17.2. The normalized spacial score (nSPS) is 20.0. The van der Waals surface area contributed by atoms with Crippen LogP contribution in [-0.4, -0.2) is 50.0 Å². The molecule has 6 nitrogen and oxygen atoms in total. The number of amides is 1. The van der Waals surface area contributed by atoms with Crippen LogP contribution in [0.25, 0.3) is 0 Å². The Labute approximate surface area is 229 Å². The fourth-order valence-electron chi connectivity index (χ4n) is 4.36. The van der Waals surface area contributed by atoms with Gasteiger partial charge in [0.25, 0.3) is 0 Å². The lowest BCUT2D eigenvalue weighted by Crippen LogP contribution is -2.51. The minimum atomic E-state index is -4.62. The van der Waals surface area contributed by atoms with E-state index in [1.807, 2.05) is 4.90 Å². The zero-order valence-corrected chi connectivity index (χ0v) is 22.9. The van der Waals surface area contributed by atoms with E-state index in [0.29, 0.717) is 42.9 Å². The Hall–Kier alpha value is -1.56. The van der Waals surface area contributed by atoms with Crippen molar-refractivity contribution in [1.82, 2.24) is 10.2 Å². The fraction of sp³-hybridized carbons (Fsp3) is 0.458. The molecule has 204 valence electrons. The highest BCUT2D eigenvalue weighted by Gasteiger charge is 2.34. The van der Waals surface area contributed by atoms with Crippen LogP contribution in [0.4, 0.5) is 13.2 Å². The Morgan fingerprint density at radius 3 is 2.41 bits per heavy atom. The summed E-state index contributed by atoms with van der Waals surface area (Å²) in [6.45, 7) is 0.713. The molecular weight excluding hydrogens is 574 g/mol. The SMILES string of the molecule is CS(=O)(=O)C1CCN(CCC(C(=O)NCc2ccc(Cl)c(C(F)(F)F)c2)c2ccc(Cl)c(Cl)c2)C(N)C1. The number of benzene rings is 2. The number of nitrogens with two attached hydrogens (primary N) is 1. The maximum Gasteiger partial charge on any atom is 0.417 e. The number of halogens is 6. The summed E-state index contributed by atoms with van der Waals surface area (Å²) in [6.07, 6.45) is -2.86. The number of piperidine rings is 1. The van der Waals surface area contributed by atoms with Crippen LogP contribution in [0.5, 0.6) is 0 Å². The summed E-state index contributed by atoms with van der Waals surface area (Å²) in [4.78, 5) is 15.2. The van der Waals surface area contributed by atoms with Gasteiger partial charge in [-0.25, -0.2) is 8.42 Å². The number of likely N-dealkylation sites (tertiary alicyclic amines) is 1. The van der Waals surface area contributed by atoms with Crippen LogP contribution in [0.1, 0.15) is 41.9 Å². The van der Waals surface area contributed by atoms with E-state index in [-0.39, 0.29) is 17.1 Å². The van der Waals surface area contributed by atoms with E-state index in [1.54, 1.807) is 18.2 Å². The number of nitrogens with zero attached hydrogens (tertiary/aromatic N) is 1. The monoisotopic (exact) mass is 599 g/mol. The number of hydrogen-bond acceptors (Lipinski definition) is 5. The van der Waals surface area contributed by atoms with E-state index in [9.17, 15) is 26.4 Å². The molecule has 1 heterocycles. The highest BCUT2D eigenvalue weighted by atomic mass is 35.5. The molecule has 0 radical (unpaired) electrons. The summed E-state index contributed by atoms with van der Waals surface area (Å²) < 4.78 is 63.4. The average molecular weight is 601 g/mol. The van der Waals surface area contributed by atoms with Crippen molar-refractivity contribution in [3.8, 4) is 0 Å². The maximum absolute atomic E-state index is 13.2. The summed E-state index contributed by atoms with van der Waals surface area (Å²) in [5.41, 5.74) is 6.07. The molecule has 3 unspecified atom stereocenters. The van der Waals surface area contributed by atoms with Gasteiger partial charge in [-0.3, -0.25) is 9.69 Å². The number of rotatable bonds is 8. The van der Waals surface area contributed by atoms with Gasteiger partial charge in [0.15, 0.2) is 0 Å². The highest BCUT2D eigenvalue weighted by Crippen LogP contribution is 2.35. The van der Waals surface area contributed by atoms with Crippen molar-refractivity contribution >= 4 is 50.5 Å². The van der Waals surface area contributed by atoms with Gasteiger partial charge in [-0.15, -0.1) is 0 Å². The molecule has 13 heteroatoms. The average Bonchev–Trinajstić information content (AvgIpc) is 2.80. The van der Waals surface area contributed by atoms with E-state index >= 15 is 0 Å². The molecule has 0 bridgehead atoms. The van der Waals surface area contributed by atoms with Gasteiger partial charge in [0, 0.05) is 25.9 Å². The van der Waals surface area contributed by atoms with Gasteiger partial charge in [-0.2, -0.15) is 13.2 Å². The molecule has 0 saturated carbocycles. The van der Waals surface area contributed by atoms with Crippen LogP contribution >= 0.6 is 34.8 Å². The molecule has 3 atom stereocenters. The molecular formula is C24H27Cl3F3N3O3S. The first-order valence-electron chi connectivity index (χ1n) is 11.4. The molecule has 1 amide bonds. The lowest BCUT2D eigenvalue weighted by atomic mass is 9.93. The largest absolute Gasteiger partial charge is 0.417 e. The number of carbonyl (C=O) groups is 1. The third-order valence-corrected chi connectivity index (χ3v) is 9.20. The lowest BCUT2D eigenvalue weighted by Gasteiger charge is -2.37. The Balaban J connectivity index is 1.74.